The molecule has 0 aliphatic carbocycles. The molecular weight excluding hydrogens is 136 g/mol. The number of nitrogens with zero attached hydrogens (tertiary/aromatic N) is 4. The first kappa shape index (κ1) is 4.75. The molecular formula is C4H2N4S. The number of fused-ring (bicyclic) bond motifs is 1. The lowest BCUT2D eigenvalue weighted by Crippen LogP contribution is -1.78. The van der Waals surface area contributed by atoms with E-state index in [9.17, 15) is 0 Å². The largest absolute Gasteiger partial charge is 0.231 e. The SMILES string of the molecule is c1nsc2nncc-2n1. The van der Waals surface area contributed by atoms with Crippen LogP contribution in [0.2, 0.25) is 0 Å². The average molecular weight is 138 g/mol. The number of hydrogen-bond acceptors (Lipinski definition) is 5. The highest BCUT2D eigenvalue weighted by molar-refractivity contribution is 7.08. The lowest BCUT2D eigenvalue weighted by atomic mass is 10.5. The molecule has 2 aliphatic heterocycles. The Morgan fingerprint density at radius 3 is 3.33 bits per heavy atom. The maximum atomic E-state index is 3.92. The molecule has 9 heavy (non-hydrogen) atoms. The van der Waals surface area contributed by atoms with E-state index in [1.807, 2.05) is 0 Å². The molecule has 0 bridgehead atoms. The third-order valence-corrected chi connectivity index (χ3v) is 1.59. The van der Waals surface area contributed by atoms with E-state index < -0.39 is 0 Å². The smallest absolute Gasteiger partial charge is 0.184 e. The lowest BCUT2D eigenvalue weighted by molar-refractivity contribution is 1.11. The fourth-order valence-electron chi connectivity index (χ4n) is 0.555. The van der Waals surface area contributed by atoms with Gasteiger partial charge >= 0.3 is 0 Å². The van der Waals surface area contributed by atoms with Gasteiger partial charge in [-0.2, -0.15) is 9.47 Å². The molecule has 0 atom stereocenters. The van der Waals surface area contributed by atoms with Crippen molar-refractivity contribution in [3.63, 3.8) is 0 Å². The molecule has 4 nitrogen and oxygen atoms in total. The Balaban J connectivity index is 2.79. The van der Waals surface area contributed by atoms with Gasteiger partial charge in [-0.1, -0.05) is 0 Å². The Hall–Kier alpha value is -1.10. The fourth-order valence-corrected chi connectivity index (χ4v) is 1.03. The molecule has 0 saturated carbocycles. The lowest BCUT2D eigenvalue weighted by Gasteiger charge is -1.85. The summed E-state index contributed by atoms with van der Waals surface area (Å²) in [5.41, 5.74) is 0.815. The van der Waals surface area contributed by atoms with Crippen LogP contribution in [0.5, 0.6) is 0 Å². The van der Waals surface area contributed by atoms with E-state index in [1.54, 1.807) is 6.20 Å². The van der Waals surface area contributed by atoms with Crippen molar-refractivity contribution < 1.29 is 0 Å². The van der Waals surface area contributed by atoms with Crippen molar-refractivity contribution >= 4 is 11.5 Å². The highest BCUT2D eigenvalue weighted by Gasteiger charge is 2.04. The van der Waals surface area contributed by atoms with Gasteiger partial charge < -0.3 is 0 Å². The molecule has 0 unspecified atom stereocenters. The molecule has 0 aromatic carbocycles. The standard InChI is InChI=1S/C4H2N4S/c1-3-4(8-6-1)9-7-2-5-3/h1-2H. The maximum Gasteiger partial charge on any atom is 0.184 e. The molecule has 2 heterocycles. The molecule has 2 aliphatic rings. The quantitative estimate of drug-likeness (QED) is 0.529. The number of aromatic nitrogens is 4. The van der Waals surface area contributed by atoms with Crippen molar-refractivity contribution in [3.05, 3.63) is 12.5 Å². The predicted octanol–water partition coefficient (Wildman–Crippen LogP) is 0.433. The third-order valence-electron chi connectivity index (χ3n) is 0.931. The molecule has 0 spiro atoms. The van der Waals surface area contributed by atoms with E-state index in [2.05, 4.69) is 19.6 Å². The predicted molar refractivity (Wildman–Crippen MR) is 32.1 cm³/mol. The maximum absolute atomic E-state index is 3.92. The highest BCUT2D eigenvalue weighted by atomic mass is 32.1. The first-order chi connectivity index (χ1) is 4.47. The van der Waals surface area contributed by atoms with E-state index in [0.29, 0.717) is 0 Å². The van der Waals surface area contributed by atoms with E-state index in [-0.39, 0.29) is 0 Å². The van der Waals surface area contributed by atoms with Gasteiger partial charge in [0, 0.05) is 0 Å². The highest BCUT2D eigenvalue weighted by Crippen LogP contribution is 2.15. The zero-order valence-electron chi connectivity index (χ0n) is 4.35. The summed E-state index contributed by atoms with van der Waals surface area (Å²) in [7, 11) is 0. The van der Waals surface area contributed by atoms with Gasteiger partial charge in [0.15, 0.2) is 5.01 Å². The summed E-state index contributed by atoms with van der Waals surface area (Å²) in [5.74, 6) is 0. The van der Waals surface area contributed by atoms with Crippen LogP contribution < -0.4 is 0 Å². The second-order valence-electron chi connectivity index (χ2n) is 1.48. The molecule has 0 fully saturated rings. The van der Waals surface area contributed by atoms with Crippen LogP contribution in [0.15, 0.2) is 12.5 Å². The van der Waals surface area contributed by atoms with Crippen LogP contribution in [0.25, 0.3) is 10.7 Å². The van der Waals surface area contributed by atoms with Crippen LogP contribution >= 0.6 is 11.5 Å². The topological polar surface area (TPSA) is 51.6 Å². The molecule has 0 aromatic heterocycles. The van der Waals surface area contributed by atoms with Gasteiger partial charge in [0.2, 0.25) is 0 Å². The second-order valence-corrected chi connectivity index (χ2v) is 2.26. The van der Waals surface area contributed by atoms with Gasteiger partial charge in [-0.25, -0.2) is 4.98 Å². The van der Waals surface area contributed by atoms with Crippen LogP contribution in [0, 0.1) is 0 Å². The van der Waals surface area contributed by atoms with E-state index in [0.717, 1.165) is 10.7 Å². The van der Waals surface area contributed by atoms with Crippen molar-refractivity contribution in [1.82, 2.24) is 19.6 Å². The van der Waals surface area contributed by atoms with Gasteiger partial charge in [0.25, 0.3) is 0 Å². The summed E-state index contributed by atoms with van der Waals surface area (Å²) < 4.78 is 3.81. The van der Waals surface area contributed by atoms with Crippen LogP contribution in [0.3, 0.4) is 0 Å². The first-order valence-electron chi connectivity index (χ1n) is 2.35. The van der Waals surface area contributed by atoms with Crippen molar-refractivity contribution in [1.29, 1.82) is 0 Å². The van der Waals surface area contributed by atoms with Gasteiger partial charge in [0.1, 0.15) is 12.0 Å². The number of rotatable bonds is 0. The normalized spacial score (nSPS) is 10.2. The first-order valence-corrected chi connectivity index (χ1v) is 3.12. The summed E-state index contributed by atoms with van der Waals surface area (Å²) >= 11 is 1.30. The molecule has 5 heteroatoms. The minimum atomic E-state index is 0.789. The van der Waals surface area contributed by atoms with Gasteiger partial charge in [-0.05, 0) is 11.5 Å². The Labute approximate surface area is 55.1 Å². The zero-order chi connectivity index (χ0) is 6.10. The van der Waals surface area contributed by atoms with Gasteiger partial charge in [-0.3, -0.25) is 0 Å². The Morgan fingerprint density at radius 2 is 2.44 bits per heavy atom. The van der Waals surface area contributed by atoms with E-state index >= 15 is 0 Å². The third kappa shape index (κ3) is 0.655. The van der Waals surface area contributed by atoms with Crippen molar-refractivity contribution in [2.75, 3.05) is 0 Å². The molecule has 0 N–H and O–H groups in total. The molecule has 2 rings (SSSR count). The average Bonchev–Trinajstić information content (AvgIpc) is 2.33. The second kappa shape index (κ2) is 1.70. The summed E-state index contributed by atoms with van der Waals surface area (Å²) in [4.78, 5) is 3.92. The molecule has 44 valence electrons. The zero-order valence-corrected chi connectivity index (χ0v) is 5.17. The summed E-state index contributed by atoms with van der Waals surface area (Å²) in [5, 5.41) is 8.21. The molecule has 0 amide bonds. The van der Waals surface area contributed by atoms with Crippen molar-refractivity contribution in [2.45, 2.75) is 0 Å². The molecule has 0 radical (unpaired) electrons. The van der Waals surface area contributed by atoms with E-state index in [1.165, 1.54) is 17.9 Å². The number of hydrogen-bond donors (Lipinski definition) is 0. The van der Waals surface area contributed by atoms with Gasteiger partial charge in [0.05, 0.1) is 6.20 Å². The Kier molecular flexibility index (Phi) is 0.895. The van der Waals surface area contributed by atoms with Crippen LogP contribution in [0.4, 0.5) is 0 Å². The summed E-state index contributed by atoms with van der Waals surface area (Å²) in [6.07, 6.45) is 3.11. The van der Waals surface area contributed by atoms with Crippen molar-refractivity contribution in [3.8, 4) is 10.7 Å². The van der Waals surface area contributed by atoms with E-state index in [4.69, 9.17) is 0 Å². The monoisotopic (exact) mass is 138 g/mol. The molecule has 0 saturated heterocycles. The van der Waals surface area contributed by atoms with Gasteiger partial charge in [-0.15, -0.1) is 5.10 Å². The summed E-state index contributed by atoms with van der Waals surface area (Å²) in [6, 6.07) is 0. The fraction of sp³-hybridized carbons (Fsp3) is 0. The minimum absolute atomic E-state index is 0.789. The van der Waals surface area contributed by atoms with Crippen LogP contribution in [-0.2, 0) is 0 Å². The van der Waals surface area contributed by atoms with Crippen LogP contribution in [-0.4, -0.2) is 19.6 Å². The minimum Gasteiger partial charge on any atom is -0.231 e. The van der Waals surface area contributed by atoms with Crippen LogP contribution in [0.1, 0.15) is 0 Å². The Morgan fingerprint density at radius 1 is 1.44 bits per heavy atom. The summed E-state index contributed by atoms with van der Waals surface area (Å²) in [6.45, 7) is 0. The molecule has 0 aromatic rings. The Bertz CT molecular complexity index is 253. The van der Waals surface area contributed by atoms with Crippen molar-refractivity contribution in [2.24, 2.45) is 0 Å².